The Morgan fingerprint density at radius 1 is 1.53 bits per heavy atom. The van der Waals surface area contributed by atoms with Gasteiger partial charge in [-0.05, 0) is 19.4 Å². The molecule has 0 bridgehead atoms. The first-order valence-electron chi connectivity index (χ1n) is 5.93. The van der Waals surface area contributed by atoms with Gasteiger partial charge >= 0.3 is 12.2 Å². The number of carbonyl (C=O) groups is 1. The predicted octanol–water partition coefficient (Wildman–Crippen LogP) is 3.02. The summed E-state index contributed by atoms with van der Waals surface area (Å²) < 4.78 is 37.1. The van der Waals surface area contributed by atoms with E-state index in [4.69, 9.17) is 0 Å². The third-order valence-electron chi connectivity index (χ3n) is 2.98. The van der Waals surface area contributed by atoms with E-state index < -0.39 is 11.7 Å². The van der Waals surface area contributed by atoms with Crippen LogP contribution >= 0.6 is 0 Å². The second kappa shape index (κ2) is 5.95. The van der Waals surface area contributed by atoms with Crippen molar-refractivity contribution in [3.8, 4) is 0 Å². The molecule has 6 heteroatoms. The Bertz CT molecular complexity index is 424. The third kappa shape index (κ3) is 3.87. The Balaban J connectivity index is 2.85. The number of urea groups is 1. The lowest BCUT2D eigenvalue weighted by molar-refractivity contribution is -0.0913. The molecule has 1 unspecified atom stereocenters. The molecule has 1 fully saturated rings. The number of alkyl halides is 3. The number of amides is 2. The summed E-state index contributed by atoms with van der Waals surface area (Å²) in [7, 11) is 0. The van der Waals surface area contributed by atoms with Gasteiger partial charge in [0.05, 0.1) is 6.04 Å². The summed E-state index contributed by atoms with van der Waals surface area (Å²) in [6.07, 6.45) is -0.529. The summed E-state index contributed by atoms with van der Waals surface area (Å²) in [6, 6.07) is -0.529. The lowest BCUT2D eigenvalue weighted by atomic mass is 10.1. The van der Waals surface area contributed by atoms with Crippen molar-refractivity contribution in [1.29, 1.82) is 0 Å². The number of carbonyl (C=O) groups excluding carboxylic acids is 1. The van der Waals surface area contributed by atoms with E-state index in [9.17, 15) is 18.0 Å². The maximum absolute atomic E-state index is 12.4. The number of halogens is 3. The smallest absolute Gasteiger partial charge is 0.329 e. The minimum absolute atomic E-state index is 0.211. The first-order valence-corrected chi connectivity index (χ1v) is 5.93. The topological polar surface area (TPSA) is 32.3 Å². The van der Waals surface area contributed by atoms with Gasteiger partial charge in [-0.25, -0.2) is 4.79 Å². The summed E-state index contributed by atoms with van der Waals surface area (Å²) in [4.78, 5) is 13.1. The second-order valence-electron chi connectivity index (χ2n) is 4.26. The highest BCUT2D eigenvalue weighted by molar-refractivity contribution is 5.77. The molecule has 1 N–H and O–H groups in total. The molecular weight excluding hydrogens is 257 g/mol. The van der Waals surface area contributed by atoms with Crippen LogP contribution in [0, 0.1) is 0 Å². The molecule has 19 heavy (non-hydrogen) atoms. The van der Waals surface area contributed by atoms with Crippen molar-refractivity contribution in [3.05, 3.63) is 36.0 Å². The molecule has 0 aliphatic carbocycles. The number of nitrogens with zero attached hydrogens (tertiary/aromatic N) is 1. The van der Waals surface area contributed by atoms with E-state index in [0.29, 0.717) is 18.7 Å². The molecule has 3 nitrogen and oxygen atoms in total. The first kappa shape index (κ1) is 15.3. The quantitative estimate of drug-likeness (QED) is 0.785. The summed E-state index contributed by atoms with van der Waals surface area (Å²) >= 11 is 0. The van der Waals surface area contributed by atoms with Crippen LogP contribution < -0.4 is 5.32 Å². The van der Waals surface area contributed by atoms with Crippen LogP contribution in [0.2, 0.25) is 0 Å². The van der Waals surface area contributed by atoms with Crippen LogP contribution in [0.15, 0.2) is 36.0 Å². The van der Waals surface area contributed by atoms with E-state index in [1.165, 1.54) is 12.2 Å². The molecule has 0 radical (unpaired) electrons. The Morgan fingerprint density at radius 2 is 2.16 bits per heavy atom. The highest BCUT2D eigenvalue weighted by atomic mass is 19.4. The van der Waals surface area contributed by atoms with E-state index in [-0.39, 0.29) is 12.1 Å². The molecule has 0 aromatic carbocycles. The lowest BCUT2D eigenvalue weighted by Gasteiger charge is -2.12. The second-order valence-corrected chi connectivity index (χ2v) is 4.26. The molecule has 1 aliphatic rings. The first-order chi connectivity index (χ1) is 8.79. The molecule has 0 aromatic rings. The number of hydrogen-bond donors (Lipinski definition) is 1. The van der Waals surface area contributed by atoms with Crippen molar-refractivity contribution in [2.75, 3.05) is 13.1 Å². The fourth-order valence-electron chi connectivity index (χ4n) is 1.69. The molecular formula is C13H17F3N2O. The summed E-state index contributed by atoms with van der Waals surface area (Å²) in [6.45, 7) is 7.41. The summed E-state index contributed by atoms with van der Waals surface area (Å²) in [5, 5.41) is 2.71. The van der Waals surface area contributed by atoms with Crippen LogP contribution in [0.5, 0.6) is 0 Å². The van der Waals surface area contributed by atoms with Gasteiger partial charge in [0, 0.05) is 18.7 Å². The van der Waals surface area contributed by atoms with Crippen molar-refractivity contribution < 1.29 is 18.0 Å². The average Bonchev–Trinajstić information content (AvgIpc) is 2.69. The Morgan fingerprint density at radius 3 is 2.58 bits per heavy atom. The van der Waals surface area contributed by atoms with Gasteiger partial charge in [0.1, 0.15) is 0 Å². The van der Waals surface area contributed by atoms with E-state index in [2.05, 4.69) is 11.9 Å². The van der Waals surface area contributed by atoms with Crippen molar-refractivity contribution in [1.82, 2.24) is 10.2 Å². The number of hydrogen-bond acceptors (Lipinski definition) is 1. The lowest BCUT2D eigenvalue weighted by Crippen LogP contribution is -2.29. The molecule has 0 saturated carbocycles. The van der Waals surface area contributed by atoms with Crippen LogP contribution in [0.1, 0.15) is 13.8 Å². The molecule has 1 saturated heterocycles. The standard InChI is InChI=1S/C13H17F3N2O/c1-4-10(7-6-9(3)13(14,15)16)11-8-18(5-2)12(19)17-11/h4,6-7,11H,1,5,8H2,2-3H3,(H,17,19)/b9-6+,10-7+. The van der Waals surface area contributed by atoms with Gasteiger partial charge in [-0.3, -0.25) is 0 Å². The van der Waals surface area contributed by atoms with Crippen LogP contribution in [0.25, 0.3) is 0 Å². The fourth-order valence-corrected chi connectivity index (χ4v) is 1.69. The van der Waals surface area contributed by atoms with Crippen LogP contribution in [-0.2, 0) is 0 Å². The molecule has 1 atom stereocenters. The summed E-state index contributed by atoms with van der Waals surface area (Å²) in [5.74, 6) is 0. The number of allylic oxidation sites excluding steroid dienone is 3. The van der Waals surface area contributed by atoms with Crippen LogP contribution in [0.4, 0.5) is 18.0 Å². The molecule has 1 aliphatic heterocycles. The van der Waals surface area contributed by atoms with Gasteiger partial charge in [-0.15, -0.1) is 0 Å². The van der Waals surface area contributed by atoms with Gasteiger partial charge in [0.15, 0.2) is 0 Å². The monoisotopic (exact) mass is 274 g/mol. The average molecular weight is 274 g/mol. The molecule has 1 rings (SSSR count). The van der Waals surface area contributed by atoms with Gasteiger partial charge in [0.25, 0.3) is 0 Å². The highest BCUT2D eigenvalue weighted by Crippen LogP contribution is 2.25. The maximum Gasteiger partial charge on any atom is 0.412 e. The molecule has 0 spiro atoms. The summed E-state index contributed by atoms with van der Waals surface area (Å²) in [5.41, 5.74) is -0.128. The minimum Gasteiger partial charge on any atom is -0.329 e. The molecule has 0 aromatic heterocycles. The SMILES string of the molecule is C=C/C(=C\C=C(/C)C(F)(F)F)C1CN(CC)C(=O)N1. The molecule has 1 heterocycles. The molecule has 2 amide bonds. The van der Waals surface area contributed by atoms with Gasteiger partial charge in [0.2, 0.25) is 0 Å². The third-order valence-corrected chi connectivity index (χ3v) is 2.98. The van der Waals surface area contributed by atoms with E-state index in [1.807, 2.05) is 6.92 Å². The molecule has 106 valence electrons. The van der Waals surface area contributed by atoms with E-state index in [1.54, 1.807) is 4.90 Å². The van der Waals surface area contributed by atoms with E-state index >= 15 is 0 Å². The largest absolute Gasteiger partial charge is 0.412 e. The fraction of sp³-hybridized carbons (Fsp3) is 0.462. The Labute approximate surface area is 110 Å². The van der Waals surface area contributed by atoms with Gasteiger partial charge < -0.3 is 10.2 Å². The van der Waals surface area contributed by atoms with Crippen molar-refractivity contribution in [2.24, 2.45) is 0 Å². The van der Waals surface area contributed by atoms with Crippen LogP contribution in [0.3, 0.4) is 0 Å². The normalized spacial score (nSPS) is 21.6. The zero-order valence-corrected chi connectivity index (χ0v) is 10.9. The number of likely N-dealkylation sites (N-methyl/N-ethyl adjacent to an activating group) is 1. The van der Waals surface area contributed by atoms with Crippen molar-refractivity contribution in [3.63, 3.8) is 0 Å². The maximum atomic E-state index is 12.4. The Kier molecular flexibility index (Phi) is 4.80. The van der Waals surface area contributed by atoms with E-state index in [0.717, 1.165) is 13.0 Å². The minimum atomic E-state index is -4.34. The van der Waals surface area contributed by atoms with Crippen molar-refractivity contribution >= 4 is 6.03 Å². The zero-order chi connectivity index (χ0) is 14.6. The van der Waals surface area contributed by atoms with Gasteiger partial charge in [-0.2, -0.15) is 13.2 Å². The number of rotatable bonds is 4. The number of nitrogens with one attached hydrogen (secondary N) is 1. The zero-order valence-electron chi connectivity index (χ0n) is 10.9. The van der Waals surface area contributed by atoms with Crippen LogP contribution in [-0.4, -0.2) is 36.2 Å². The van der Waals surface area contributed by atoms with Gasteiger partial charge in [-0.1, -0.05) is 24.8 Å². The predicted molar refractivity (Wildman–Crippen MR) is 67.7 cm³/mol. The van der Waals surface area contributed by atoms with Crippen molar-refractivity contribution in [2.45, 2.75) is 26.1 Å². The Hall–Kier alpha value is -1.72. The highest BCUT2D eigenvalue weighted by Gasteiger charge is 2.30.